The van der Waals surface area contributed by atoms with Crippen molar-refractivity contribution in [1.82, 2.24) is 5.32 Å². The molecule has 120 valence electrons. The van der Waals surface area contributed by atoms with Gasteiger partial charge in [0.2, 0.25) is 0 Å². The smallest absolute Gasteiger partial charge is 0.407 e. The Balaban J connectivity index is 1.49. The number of benzene rings is 1. The second-order valence-corrected chi connectivity index (χ2v) is 6.07. The fourth-order valence-electron chi connectivity index (χ4n) is 3.34. The summed E-state index contributed by atoms with van der Waals surface area (Å²) in [5.41, 5.74) is 0.234. The highest BCUT2D eigenvalue weighted by molar-refractivity contribution is 5.97. The van der Waals surface area contributed by atoms with Crippen molar-refractivity contribution >= 4 is 14.1 Å². The van der Waals surface area contributed by atoms with Crippen LogP contribution in [0.4, 0.5) is 4.79 Å². The highest BCUT2D eigenvalue weighted by Gasteiger charge is 2.49. The minimum absolute atomic E-state index is 0.160. The predicted octanol–water partition coefficient (Wildman–Crippen LogP) is 0.165. The molecule has 1 aromatic rings. The molecule has 6 heteroatoms. The predicted molar refractivity (Wildman–Crippen MR) is 87.1 cm³/mol. The van der Waals surface area contributed by atoms with Crippen LogP contribution < -0.4 is 5.32 Å². The van der Waals surface area contributed by atoms with Crippen molar-refractivity contribution in [2.24, 2.45) is 5.92 Å². The lowest BCUT2D eigenvalue weighted by atomic mass is 9.72. The SMILES string of the molecule is [BH3-][N+]12CCC(CC1)C(O)(CNC(=O)OCc1ccccc1)C2. The maximum Gasteiger partial charge on any atom is 0.407 e. The van der Waals surface area contributed by atoms with E-state index < -0.39 is 11.7 Å². The second-order valence-electron chi connectivity index (χ2n) is 6.07. The number of aliphatic hydroxyl groups is 1. The molecule has 0 aliphatic carbocycles. The van der Waals surface area contributed by atoms with Gasteiger partial charge in [-0.2, -0.15) is 0 Å². The van der Waals surface area contributed by atoms with Crippen LogP contribution in [-0.2, 0) is 11.3 Å². The number of piperidine rings is 3. The van der Waals surface area contributed by atoms with Crippen molar-refractivity contribution in [2.75, 3.05) is 26.2 Å². The molecule has 1 amide bonds. The Hall–Kier alpha value is -1.53. The molecule has 22 heavy (non-hydrogen) atoms. The molecule has 0 saturated carbocycles. The van der Waals surface area contributed by atoms with E-state index in [0.717, 1.165) is 29.3 Å². The number of quaternary nitrogens is 1. The Labute approximate surface area is 132 Å². The number of alkyl carbamates (subject to hydrolysis) is 1. The molecule has 2 N–H and O–H groups in total. The molecule has 1 atom stereocenters. The van der Waals surface area contributed by atoms with E-state index in [0.29, 0.717) is 12.5 Å². The van der Waals surface area contributed by atoms with E-state index in [2.05, 4.69) is 5.32 Å². The monoisotopic (exact) mass is 304 g/mol. The molecule has 3 saturated heterocycles. The first-order chi connectivity index (χ1) is 10.5. The van der Waals surface area contributed by atoms with Crippen LogP contribution in [-0.4, -0.2) is 55.4 Å². The van der Waals surface area contributed by atoms with Gasteiger partial charge in [-0.05, 0) is 18.4 Å². The van der Waals surface area contributed by atoms with Crippen LogP contribution in [0.5, 0.6) is 0 Å². The van der Waals surface area contributed by atoms with Gasteiger partial charge in [0.25, 0.3) is 0 Å². The Morgan fingerprint density at radius 3 is 2.68 bits per heavy atom. The standard InChI is InChI=1S/C16H25BN2O3/c17-19-8-6-14(7-9-19)16(21,12-19)11-18-15(20)22-10-13-4-2-1-3-5-13/h1-5,14,21H,6-12H2,17H3,(H,18,20). The summed E-state index contributed by atoms with van der Waals surface area (Å²) in [6.45, 7) is 3.89. The van der Waals surface area contributed by atoms with E-state index in [1.807, 2.05) is 30.3 Å². The number of carbonyl (C=O) groups is 1. The number of nitrogens with one attached hydrogen (secondary N) is 1. The van der Waals surface area contributed by atoms with Gasteiger partial charge < -0.3 is 19.6 Å². The zero-order valence-corrected chi connectivity index (χ0v) is 12.1. The van der Waals surface area contributed by atoms with Gasteiger partial charge in [0.05, 0.1) is 13.1 Å². The molecule has 3 aliphatic heterocycles. The Morgan fingerprint density at radius 1 is 1.36 bits per heavy atom. The van der Waals surface area contributed by atoms with E-state index >= 15 is 0 Å². The summed E-state index contributed by atoms with van der Waals surface area (Å²) in [6, 6.07) is 9.62. The Bertz CT molecular complexity index is 531. The van der Waals surface area contributed by atoms with Gasteiger partial charge in [0.15, 0.2) is 7.98 Å². The number of carbonyl (C=O) groups excluding carboxylic acids is 1. The van der Waals surface area contributed by atoms with Gasteiger partial charge in [0.1, 0.15) is 12.2 Å². The zero-order valence-electron chi connectivity index (χ0n) is 12.1. The first kappa shape index (κ1) is 15.4. The van der Waals surface area contributed by atoms with Crippen LogP contribution in [0.25, 0.3) is 0 Å². The van der Waals surface area contributed by atoms with E-state index in [4.69, 9.17) is 4.74 Å². The molecule has 0 spiro atoms. The van der Waals surface area contributed by atoms with Crippen molar-refractivity contribution in [3.63, 3.8) is 0 Å². The lowest BCUT2D eigenvalue weighted by Gasteiger charge is -2.60. The van der Waals surface area contributed by atoms with Gasteiger partial charge in [-0.3, -0.25) is 0 Å². The van der Waals surface area contributed by atoms with Gasteiger partial charge in [0, 0.05) is 19.0 Å². The van der Waals surface area contributed by atoms with Crippen molar-refractivity contribution in [3.8, 4) is 0 Å². The number of ether oxygens (including phenoxy) is 1. The fourth-order valence-corrected chi connectivity index (χ4v) is 3.34. The van der Waals surface area contributed by atoms with Crippen LogP contribution in [0, 0.1) is 5.92 Å². The zero-order chi connectivity index (χ0) is 15.6. The van der Waals surface area contributed by atoms with E-state index in [-0.39, 0.29) is 14.6 Å². The fraction of sp³-hybridized carbons (Fsp3) is 0.562. The summed E-state index contributed by atoms with van der Waals surface area (Å²) in [6.07, 6.45) is 1.75. The molecular formula is C16H25BN2O3. The summed E-state index contributed by atoms with van der Waals surface area (Å²) >= 11 is 0. The number of fused-ring (bicyclic) bond motifs is 3. The minimum atomic E-state index is -0.732. The number of hydrogen-bond acceptors (Lipinski definition) is 3. The van der Waals surface area contributed by atoms with Crippen LogP contribution in [0.2, 0.25) is 0 Å². The average Bonchev–Trinajstić information content (AvgIpc) is 2.52. The maximum atomic E-state index is 11.9. The minimum Gasteiger partial charge on any atom is -0.520 e. The Kier molecular flexibility index (Phi) is 4.15. The highest BCUT2D eigenvalue weighted by atomic mass is 16.5. The molecule has 3 heterocycles. The summed E-state index contributed by atoms with van der Waals surface area (Å²) < 4.78 is 6.38. The van der Waals surface area contributed by atoms with Gasteiger partial charge >= 0.3 is 6.09 Å². The first-order valence-corrected chi connectivity index (χ1v) is 7.55. The Morgan fingerprint density at radius 2 is 2.05 bits per heavy atom. The van der Waals surface area contributed by atoms with Crippen molar-refractivity contribution in [2.45, 2.75) is 25.0 Å². The molecule has 5 nitrogen and oxygen atoms in total. The molecule has 1 aromatic carbocycles. The van der Waals surface area contributed by atoms with Gasteiger partial charge in [-0.25, -0.2) is 4.79 Å². The molecular weight excluding hydrogens is 279 g/mol. The lowest BCUT2D eigenvalue weighted by molar-refractivity contribution is -0.846. The van der Waals surface area contributed by atoms with Crippen LogP contribution in [0.15, 0.2) is 30.3 Å². The van der Waals surface area contributed by atoms with Crippen molar-refractivity contribution < 1.29 is 19.0 Å². The molecule has 4 rings (SSSR count). The third-order valence-electron chi connectivity index (χ3n) is 4.60. The summed E-state index contributed by atoms with van der Waals surface area (Å²) in [4.78, 5) is 11.9. The van der Waals surface area contributed by atoms with E-state index in [1.165, 1.54) is 13.1 Å². The summed E-state index contributed by atoms with van der Waals surface area (Å²) in [5.74, 6) is 0.333. The van der Waals surface area contributed by atoms with E-state index in [9.17, 15) is 9.90 Å². The number of rotatable bonds is 4. The number of hydrogen-bond donors (Lipinski definition) is 2. The van der Waals surface area contributed by atoms with Gasteiger partial charge in [-0.1, -0.05) is 30.3 Å². The maximum absolute atomic E-state index is 11.9. The quantitative estimate of drug-likeness (QED) is 0.780. The third kappa shape index (κ3) is 3.28. The highest BCUT2D eigenvalue weighted by Crippen LogP contribution is 2.38. The van der Waals surface area contributed by atoms with Crippen molar-refractivity contribution in [1.29, 1.82) is 0 Å². The molecule has 3 aliphatic rings. The topological polar surface area (TPSA) is 58.6 Å². The molecule has 3 fully saturated rings. The average molecular weight is 304 g/mol. The lowest BCUT2D eigenvalue weighted by Crippen LogP contribution is -2.70. The number of nitrogens with zero attached hydrogens (tertiary/aromatic N) is 1. The number of amides is 1. The third-order valence-corrected chi connectivity index (χ3v) is 4.60. The molecule has 2 bridgehead atoms. The largest absolute Gasteiger partial charge is 0.520 e. The van der Waals surface area contributed by atoms with E-state index in [1.54, 1.807) is 0 Å². The molecule has 0 aromatic heterocycles. The van der Waals surface area contributed by atoms with Crippen LogP contribution in [0.3, 0.4) is 0 Å². The normalized spacial score (nSPS) is 33.5. The van der Waals surface area contributed by atoms with Gasteiger partial charge in [-0.15, -0.1) is 0 Å². The first-order valence-electron chi connectivity index (χ1n) is 7.55. The van der Waals surface area contributed by atoms with Crippen LogP contribution >= 0.6 is 0 Å². The molecule has 1 unspecified atom stereocenters. The second kappa shape index (κ2) is 5.93. The van der Waals surface area contributed by atoms with Crippen LogP contribution in [0.1, 0.15) is 18.4 Å². The molecule has 0 radical (unpaired) electrons. The van der Waals surface area contributed by atoms with Crippen molar-refractivity contribution in [3.05, 3.63) is 35.9 Å². The summed E-state index contributed by atoms with van der Waals surface area (Å²) in [7, 11) is 0.160. The summed E-state index contributed by atoms with van der Waals surface area (Å²) in [5, 5.41) is 13.7.